The molecule has 1 unspecified atom stereocenters. The van der Waals surface area contributed by atoms with Gasteiger partial charge in [0.25, 0.3) is 0 Å². The molecule has 2 rings (SSSR count). The zero-order chi connectivity index (χ0) is 16.7. The van der Waals surface area contributed by atoms with E-state index in [-0.39, 0.29) is 23.4 Å². The first kappa shape index (κ1) is 16.9. The van der Waals surface area contributed by atoms with Crippen LogP contribution >= 0.6 is 0 Å². The molecule has 0 radical (unpaired) electrons. The lowest BCUT2D eigenvalue weighted by atomic mass is 10.0. The molecular formula is C19H23NO3. The number of rotatable bonds is 7. The smallest absolute Gasteiger partial charge is 0.220 e. The summed E-state index contributed by atoms with van der Waals surface area (Å²) < 4.78 is 0. The first-order valence-corrected chi connectivity index (χ1v) is 7.92. The number of aromatic hydroxyl groups is 2. The van der Waals surface area contributed by atoms with Crippen molar-refractivity contribution < 1.29 is 15.0 Å². The van der Waals surface area contributed by atoms with E-state index in [9.17, 15) is 15.0 Å². The normalized spacial score (nSPS) is 11.9. The predicted molar refractivity (Wildman–Crippen MR) is 90.5 cm³/mol. The Morgan fingerprint density at radius 2 is 1.48 bits per heavy atom. The summed E-state index contributed by atoms with van der Waals surface area (Å²) in [5.74, 6) is 0.515. The fraction of sp³-hybridized carbons (Fsp3) is 0.316. The first-order valence-electron chi connectivity index (χ1n) is 7.92. The number of hydrogen-bond acceptors (Lipinski definition) is 3. The van der Waals surface area contributed by atoms with Crippen LogP contribution in [0.25, 0.3) is 0 Å². The van der Waals surface area contributed by atoms with Crippen LogP contribution in [0.2, 0.25) is 0 Å². The van der Waals surface area contributed by atoms with E-state index in [2.05, 4.69) is 5.32 Å². The molecule has 0 spiro atoms. The van der Waals surface area contributed by atoms with E-state index in [0.717, 1.165) is 24.0 Å². The lowest BCUT2D eigenvalue weighted by molar-refractivity contribution is -0.121. The highest BCUT2D eigenvalue weighted by atomic mass is 16.3. The average Bonchev–Trinajstić information content (AvgIpc) is 2.55. The lowest BCUT2D eigenvalue weighted by Crippen LogP contribution is -2.36. The van der Waals surface area contributed by atoms with E-state index in [1.54, 1.807) is 24.3 Å². The minimum atomic E-state index is 0.0312. The number of aryl methyl sites for hydroxylation is 1. The number of benzene rings is 2. The molecule has 122 valence electrons. The Labute approximate surface area is 136 Å². The van der Waals surface area contributed by atoms with E-state index in [4.69, 9.17) is 0 Å². The molecule has 4 nitrogen and oxygen atoms in total. The van der Waals surface area contributed by atoms with Crippen molar-refractivity contribution in [3.63, 3.8) is 0 Å². The van der Waals surface area contributed by atoms with Gasteiger partial charge < -0.3 is 15.5 Å². The van der Waals surface area contributed by atoms with Crippen molar-refractivity contribution in [1.82, 2.24) is 5.32 Å². The van der Waals surface area contributed by atoms with Crippen LogP contribution in [0, 0.1) is 0 Å². The van der Waals surface area contributed by atoms with Gasteiger partial charge in [0.1, 0.15) is 11.5 Å². The average molecular weight is 313 g/mol. The van der Waals surface area contributed by atoms with Crippen LogP contribution in [0.15, 0.2) is 48.5 Å². The Balaban J connectivity index is 1.82. The van der Waals surface area contributed by atoms with Crippen molar-refractivity contribution >= 4 is 5.91 Å². The topological polar surface area (TPSA) is 69.6 Å². The molecule has 1 amide bonds. The number of hydrogen-bond donors (Lipinski definition) is 3. The summed E-state index contributed by atoms with van der Waals surface area (Å²) in [5, 5.41) is 21.6. The van der Waals surface area contributed by atoms with Crippen molar-refractivity contribution in [3.05, 3.63) is 59.7 Å². The fourth-order valence-electron chi connectivity index (χ4n) is 2.43. The van der Waals surface area contributed by atoms with E-state index in [0.29, 0.717) is 12.8 Å². The molecule has 0 saturated heterocycles. The van der Waals surface area contributed by atoms with Crippen LogP contribution in [0.4, 0.5) is 0 Å². The summed E-state index contributed by atoms with van der Waals surface area (Å²) >= 11 is 0. The van der Waals surface area contributed by atoms with Crippen molar-refractivity contribution in [2.75, 3.05) is 0 Å². The van der Waals surface area contributed by atoms with Gasteiger partial charge in [-0.05, 0) is 54.7 Å². The van der Waals surface area contributed by atoms with Crippen molar-refractivity contribution in [2.45, 2.75) is 38.6 Å². The minimum Gasteiger partial charge on any atom is -0.508 e. The molecule has 1 atom stereocenters. The highest BCUT2D eigenvalue weighted by molar-refractivity contribution is 5.76. The molecule has 23 heavy (non-hydrogen) atoms. The zero-order valence-corrected chi connectivity index (χ0v) is 13.3. The van der Waals surface area contributed by atoms with Gasteiger partial charge in [0.15, 0.2) is 0 Å². The third-order valence-electron chi connectivity index (χ3n) is 3.85. The van der Waals surface area contributed by atoms with E-state index in [1.807, 2.05) is 31.2 Å². The molecule has 0 bridgehead atoms. The molecule has 2 aromatic carbocycles. The number of amides is 1. The van der Waals surface area contributed by atoms with Gasteiger partial charge in [-0.3, -0.25) is 4.79 Å². The first-order chi connectivity index (χ1) is 11.1. The number of carbonyl (C=O) groups is 1. The highest BCUT2D eigenvalue weighted by Gasteiger charge is 2.11. The van der Waals surface area contributed by atoms with Gasteiger partial charge in [-0.15, -0.1) is 0 Å². The molecule has 0 aromatic heterocycles. The maximum Gasteiger partial charge on any atom is 0.220 e. The molecule has 0 aliphatic rings. The van der Waals surface area contributed by atoms with Crippen LogP contribution in [0.3, 0.4) is 0 Å². The summed E-state index contributed by atoms with van der Waals surface area (Å²) in [5.41, 5.74) is 2.12. The monoisotopic (exact) mass is 313 g/mol. The number of phenolic OH excluding ortho intramolecular Hbond substituents is 2. The van der Waals surface area contributed by atoms with Crippen molar-refractivity contribution in [1.29, 1.82) is 0 Å². The van der Waals surface area contributed by atoms with Crippen molar-refractivity contribution in [2.24, 2.45) is 0 Å². The highest BCUT2D eigenvalue weighted by Crippen LogP contribution is 2.13. The molecule has 0 fully saturated rings. The molecule has 0 heterocycles. The van der Waals surface area contributed by atoms with E-state index in [1.165, 1.54) is 0 Å². The van der Waals surface area contributed by atoms with Crippen LogP contribution in [0.5, 0.6) is 11.5 Å². The standard InChI is InChI=1S/C19H23NO3/c1-2-16(13-15-5-10-18(22)11-6-15)20-19(23)12-7-14-3-8-17(21)9-4-14/h3-6,8-11,16,21-22H,2,7,12-13H2,1H3,(H,20,23). The van der Waals surface area contributed by atoms with Crippen molar-refractivity contribution in [3.8, 4) is 11.5 Å². The Hall–Kier alpha value is -2.49. The third kappa shape index (κ3) is 5.66. The second-order valence-electron chi connectivity index (χ2n) is 5.71. The Morgan fingerprint density at radius 1 is 0.957 bits per heavy atom. The Bertz CT molecular complexity index is 620. The van der Waals surface area contributed by atoms with Gasteiger partial charge >= 0.3 is 0 Å². The summed E-state index contributed by atoms with van der Waals surface area (Å²) in [6.07, 6.45) is 2.69. The SMILES string of the molecule is CCC(Cc1ccc(O)cc1)NC(=O)CCc1ccc(O)cc1. The number of phenols is 2. The molecule has 0 aliphatic carbocycles. The molecule has 3 N–H and O–H groups in total. The van der Waals surface area contributed by atoms with Gasteiger partial charge in [0.2, 0.25) is 5.91 Å². The maximum atomic E-state index is 12.1. The Morgan fingerprint density at radius 3 is 2.00 bits per heavy atom. The van der Waals surface area contributed by atoms with Gasteiger partial charge in [-0.1, -0.05) is 31.2 Å². The number of nitrogens with one attached hydrogen (secondary N) is 1. The molecular weight excluding hydrogens is 290 g/mol. The van der Waals surface area contributed by atoms with Gasteiger partial charge in [0.05, 0.1) is 0 Å². The van der Waals surface area contributed by atoms with Crippen LogP contribution in [0.1, 0.15) is 30.9 Å². The maximum absolute atomic E-state index is 12.1. The number of carbonyl (C=O) groups excluding carboxylic acids is 1. The summed E-state index contributed by atoms with van der Waals surface area (Å²) in [6.45, 7) is 2.05. The van der Waals surface area contributed by atoms with Gasteiger partial charge in [0, 0.05) is 12.5 Å². The van der Waals surface area contributed by atoms with Crippen LogP contribution < -0.4 is 5.32 Å². The molecule has 0 saturated carbocycles. The van der Waals surface area contributed by atoms with Crippen LogP contribution in [-0.2, 0) is 17.6 Å². The Kier molecular flexibility index (Phi) is 6.03. The molecule has 4 heteroatoms. The van der Waals surface area contributed by atoms with Gasteiger partial charge in [-0.2, -0.15) is 0 Å². The van der Waals surface area contributed by atoms with Crippen LogP contribution in [-0.4, -0.2) is 22.2 Å². The van der Waals surface area contributed by atoms with Gasteiger partial charge in [-0.25, -0.2) is 0 Å². The summed E-state index contributed by atoms with van der Waals surface area (Å²) in [4.78, 5) is 12.1. The van der Waals surface area contributed by atoms with E-state index < -0.39 is 0 Å². The minimum absolute atomic E-state index is 0.0312. The molecule has 2 aromatic rings. The summed E-state index contributed by atoms with van der Waals surface area (Å²) in [7, 11) is 0. The fourth-order valence-corrected chi connectivity index (χ4v) is 2.43. The lowest BCUT2D eigenvalue weighted by Gasteiger charge is -2.17. The van der Waals surface area contributed by atoms with E-state index >= 15 is 0 Å². The third-order valence-corrected chi connectivity index (χ3v) is 3.85. The zero-order valence-electron chi connectivity index (χ0n) is 13.3. The predicted octanol–water partition coefficient (Wildman–Crippen LogP) is 3.17. The summed E-state index contributed by atoms with van der Waals surface area (Å²) in [6, 6.07) is 14.1. The molecule has 0 aliphatic heterocycles. The second kappa shape index (κ2) is 8.22. The second-order valence-corrected chi connectivity index (χ2v) is 5.71. The largest absolute Gasteiger partial charge is 0.508 e. The quantitative estimate of drug-likeness (QED) is 0.735.